The van der Waals surface area contributed by atoms with Crippen LogP contribution in [0.5, 0.6) is 0 Å². The highest BCUT2D eigenvalue weighted by atomic mass is 16.1. The number of aryl methyl sites for hydroxylation is 1. The van der Waals surface area contributed by atoms with Gasteiger partial charge in [-0.2, -0.15) is 0 Å². The third kappa shape index (κ3) is 3.82. The molecule has 0 aliphatic carbocycles. The Morgan fingerprint density at radius 1 is 1.07 bits per heavy atom. The fraction of sp³-hybridized carbons (Fsp3) is 0.227. The maximum atomic E-state index is 12.5. The number of nitrogens with one attached hydrogen (secondary N) is 1. The van der Waals surface area contributed by atoms with Gasteiger partial charge in [-0.15, -0.1) is 0 Å². The van der Waals surface area contributed by atoms with Crippen molar-refractivity contribution in [2.24, 2.45) is 0 Å². The van der Waals surface area contributed by atoms with Crippen molar-refractivity contribution in [3.63, 3.8) is 0 Å². The van der Waals surface area contributed by atoms with Crippen LogP contribution in [0.3, 0.4) is 0 Å². The fourth-order valence-electron chi connectivity index (χ4n) is 3.37. The molecule has 0 unspecified atom stereocenters. The Hall–Kier alpha value is -3.21. The second-order valence-electron chi connectivity index (χ2n) is 6.79. The number of nitrogens with zero attached hydrogens (tertiary/aromatic N) is 3. The SMILES string of the molecule is Cc1ccccc1CNC(=O)c1ccnc(N2CCc3ccccc3C2)n1. The van der Waals surface area contributed by atoms with Crippen LogP contribution in [-0.4, -0.2) is 22.4 Å². The summed E-state index contributed by atoms with van der Waals surface area (Å²) in [5.41, 5.74) is 5.33. The molecule has 0 saturated heterocycles. The third-order valence-corrected chi connectivity index (χ3v) is 4.99. The average Bonchev–Trinajstić information content (AvgIpc) is 2.72. The maximum absolute atomic E-state index is 12.5. The largest absolute Gasteiger partial charge is 0.347 e. The zero-order valence-electron chi connectivity index (χ0n) is 15.4. The second-order valence-corrected chi connectivity index (χ2v) is 6.79. The zero-order chi connectivity index (χ0) is 18.6. The molecule has 0 radical (unpaired) electrons. The van der Waals surface area contributed by atoms with Gasteiger partial charge in [0.15, 0.2) is 0 Å². The molecule has 27 heavy (non-hydrogen) atoms. The summed E-state index contributed by atoms with van der Waals surface area (Å²) in [7, 11) is 0. The first kappa shape index (κ1) is 17.2. The number of fused-ring (bicyclic) bond motifs is 1. The van der Waals surface area contributed by atoms with E-state index in [-0.39, 0.29) is 5.91 Å². The van der Waals surface area contributed by atoms with E-state index >= 15 is 0 Å². The molecule has 0 saturated carbocycles. The lowest BCUT2D eigenvalue weighted by atomic mass is 10.0. The predicted octanol–water partition coefficient (Wildman–Crippen LogP) is 3.28. The predicted molar refractivity (Wildman–Crippen MR) is 106 cm³/mol. The summed E-state index contributed by atoms with van der Waals surface area (Å²) >= 11 is 0. The van der Waals surface area contributed by atoms with Gasteiger partial charge in [-0.1, -0.05) is 48.5 Å². The summed E-state index contributed by atoms with van der Waals surface area (Å²) in [5, 5.41) is 2.95. The zero-order valence-corrected chi connectivity index (χ0v) is 15.4. The van der Waals surface area contributed by atoms with Gasteiger partial charge in [0.05, 0.1) is 0 Å². The minimum atomic E-state index is -0.181. The molecule has 3 aromatic rings. The van der Waals surface area contributed by atoms with Crippen LogP contribution < -0.4 is 10.2 Å². The molecule has 2 heterocycles. The number of hydrogen-bond donors (Lipinski definition) is 1. The molecule has 1 aromatic heterocycles. The molecular weight excluding hydrogens is 336 g/mol. The Morgan fingerprint density at radius 2 is 1.85 bits per heavy atom. The van der Waals surface area contributed by atoms with Gasteiger partial charge in [-0.25, -0.2) is 9.97 Å². The number of benzene rings is 2. The van der Waals surface area contributed by atoms with Crippen LogP contribution in [0.1, 0.15) is 32.7 Å². The molecule has 2 aromatic carbocycles. The summed E-state index contributed by atoms with van der Waals surface area (Å²) in [5.74, 6) is 0.423. The first-order chi connectivity index (χ1) is 13.2. The molecule has 5 nitrogen and oxygen atoms in total. The van der Waals surface area contributed by atoms with E-state index in [1.165, 1.54) is 11.1 Å². The first-order valence-electron chi connectivity index (χ1n) is 9.18. The third-order valence-electron chi connectivity index (χ3n) is 4.99. The number of amides is 1. The van der Waals surface area contributed by atoms with E-state index in [0.717, 1.165) is 30.6 Å². The Balaban J connectivity index is 1.46. The number of hydrogen-bond acceptors (Lipinski definition) is 4. The number of rotatable bonds is 4. The summed E-state index contributed by atoms with van der Waals surface area (Å²) in [4.78, 5) is 23.6. The smallest absolute Gasteiger partial charge is 0.270 e. The highest BCUT2D eigenvalue weighted by molar-refractivity contribution is 5.92. The highest BCUT2D eigenvalue weighted by Crippen LogP contribution is 2.21. The van der Waals surface area contributed by atoms with Gasteiger partial charge in [-0.3, -0.25) is 4.79 Å². The topological polar surface area (TPSA) is 58.1 Å². The Morgan fingerprint density at radius 3 is 2.70 bits per heavy atom. The first-order valence-corrected chi connectivity index (χ1v) is 9.18. The molecule has 4 rings (SSSR count). The summed E-state index contributed by atoms with van der Waals surface area (Å²) in [6.07, 6.45) is 2.62. The molecule has 0 spiro atoms. The summed E-state index contributed by atoms with van der Waals surface area (Å²) < 4.78 is 0. The van der Waals surface area contributed by atoms with Gasteiger partial charge in [0.25, 0.3) is 5.91 Å². The number of carbonyl (C=O) groups is 1. The van der Waals surface area contributed by atoms with Crippen molar-refractivity contribution in [1.82, 2.24) is 15.3 Å². The van der Waals surface area contributed by atoms with Crippen molar-refractivity contribution >= 4 is 11.9 Å². The van der Waals surface area contributed by atoms with Gasteiger partial charge in [0, 0.05) is 25.8 Å². The molecule has 1 aliphatic rings. The van der Waals surface area contributed by atoms with Gasteiger partial charge in [0.2, 0.25) is 5.95 Å². The van der Waals surface area contributed by atoms with E-state index in [2.05, 4.69) is 44.5 Å². The van der Waals surface area contributed by atoms with Crippen LogP contribution >= 0.6 is 0 Å². The Kier molecular flexibility index (Phi) is 4.83. The van der Waals surface area contributed by atoms with E-state index in [1.54, 1.807) is 12.3 Å². The normalized spacial score (nSPS) is 13.1. The van der Waals surface area contributed by atoms with Crippen LogP contribution in [0.2, 0.25) is 0 Å². The molecular formula is C22H22N4O. The van der Waals surface area contributed by atoms with E-state index in [9.17, 15) is 4.79 Å². The van der Waals surface area contributed by atoms with E-state index in [4.69, 9.17) is 0 Å². The molecule has 0 fully saturated rings. The molecule has 1 N–H and O–H groups in total. The number of anilines is 1. The summed E-state index contributed by atoms with van der Waals surface area (Å²) in [6, 6.07) is 18.1. The number of carbonyl (C=O) groups excluding carboxylic acids is 1. The Bertz CT molecular complexity index is 970. The van der Waals surface area contributed by atoms with Crippen LogP contribution in [0.4, 0.5) is 5.95 Å². The lowest BCUT2D eigenvalue weighted by Crippen LogP contribution is -2.32. The molecule has 136 valence electrons. The van der Waals surface area contributed by atoms with E-state index in [1.807, 2.05) is 31.2 Å². The van der Waals surface area contributed by atoms with Crippen LogP contribution in [-0.2, 0) is 19.5 Å². The monoisotopic (exact) mass is 358 g/mol. The summed E-state index contributed by atoms with van der Waals surface area (Å²) in [6.45, 7) is 4.15. The Labute approximate surface area is 159 Å². The molecule has 5 heteroatoms. The van der Waals surface area contributed by atoms with Crippen LogP contribution in [0.25, 0.3) is 0 Å². The second kappa shape index (κ2) is 7.58. The molecule has 0 bridgehead atoms. The molecule has 1 amide bonds. The van der Waals surface area contributed by atoms with Crippen molar-refractivity contribution < 1.29 is 4.79 Å². The van der Waals surface area contributed by atoms with Gasteiger partial charge in [0.1, 0.15) is 5.69 Å². The average molecular weight is 358 g/mol. The van der Waals surface area contributed by atoms with Crippen molar-refractivity contribution in [3.8, 4) is 0 Å². The van der Waals surface area contributed by atoms with Crippen molar-refractivity contribution in [2.75, 3.05) is 11.4 Å². The molecule has 0 atom stereocenters. The lowest BCUT2D eigenvalue weighted by Gasteiger charge is -2.28. The lowest BCUT2D eigenvalue weighted by molar-refractivity contribution is 0.0945. The fourth-order valence-corrected chi connectivity index (χ4v) is 3.37. The van der Waals surface area contributed by atoms with Crippen LogP contribution in [0, 0.1) is 6.92 Å². The van der Waals surface area contributed by atoms with Crippen LogP contribution in [0.15, 0.2) is 60.8 Å². The van der Waals surface area contributed by atoms with Crippen molar-refractivity contribution in [1.29, 1.82) is 0 Å². The minimum Gasteiger partial charge on any atom is -0.347 e. The van der Waals surface area contributed by atoms with Gasteiger partial charge < -0.3 is 10.2 Å². The van der Waals surface area contributed by atoms with Gasteiger partial charge >= 0.3 is 0 Å². The quantitative estimate of drug-likeness (QED) is 0.778. The number of aromatic nitrogens is 2. The van der Waals surface area contributed by atoms with Gasteiger partial charge in [-0.05, 0) is 41.7 Å². The highest BCUT2D eigenvalue weighted by Gasteiger charge is 2.19. The molecule has 1 aliphatic heterocycles. The van der Waals surface area contributed by atoms with E-state index in [0.29, 0.717) is 18.2 Å². The standard InChI is InChI=1S/C22H22N4O/c1-16-6-2-3-8-18(16)14-24-21(27)20-10-12-23-22(25-20)26-13-11-17-7-4-5-9-19(17)15-26/h2-10,12H,11,13-15H2,1H3,(H,24,27). The van der Waals surface area contributed by atoms with Crippen molar-refractivity contribution in [3.05, 3.63) is 88.7 Å². The maximum Gasteiger partial charge on any atom is 0.270 e. The van der Waals surface area contributed by atoms with Crippen molar-refractivity contribution in [2.45, 2.75) is 26.4 Å². The van der Waals surface area contributed by atoms with E-state index < -0.39 is 0 Å². The minimum absolute atomic E-state index is 0.181.